The van der Waals surface area contributed by atoms with Crippen molar-refractivity contribution in [3.8, 4) is 5.75 Å². The normalized spacial score (nSPS) is 19.5. The van der Waals surface area contributed by atoms with Gasteiger partial charge in [0.25, 0.3) is 5.91 Å². The van der Waals surface area contributed by atoms with Crippen LogP contribution in [0.2, 0.25) is 0 Å². The van der Waals surface area contributed by atoms with Crippen LogP contribution in [0, 0.1) is 0 Å². The predicted octanol–water partition coefficient (Wildman–Crippen LogP) is 2.26. The van der Waals surface area contributed by atoms with E-state index in [4.69, 9.17) is 4.74 Å². The van der Waals surface area contributed by atoms with Gasteiger partial charge in [0, 0.05) is 12.1 Å². The summed E-state index contributed by atoms with van der Waals surface area (Å²) in [4.78, 5) is 22.5. The predicted molar refractivity (Wildman–Crippen MR) is 78.9 cm³/mol. The first kappa shape index (κ1) is 12.6. The molecule has 2 aliphatic heterocycles. The van der Waals surface area contributed by atoms with Gasteiger partial charge in [0.05, 0.1) is 13.7 Å². The van der Waals surface area contributed by atoms with Gasteiger partial charge in [0.1, 0.15) is 5.75 Å². The van der Waals surface area contributed by atoms with Gasteiger partial charge in [-0.2, -0.15) is 4.99 Å². The van der Waals surface area contributed by atoms with Crippen LogP contribution in [0.25, 0.3) is 0 Å². The third kappa shape index (κ3) is 2.48. The van der Waals surface area contributed by atoms with Gasteiger partial charge < -0.3 is 4.74 Å². The van der Waals surface area contributed by atoms with Crippen molar-refractivity contribution in [1.82, 2.24) is 4.90 Å². The topological polar surface area (TPSA) is 54.3 Å². The summed E-state index contributed by atoms with van der Waals surface area (Å²) in [6.07, 6.45) is 0. The average molecular weight is 293 g/mol. The van der Waals surface area contributed by atoms with Gasteiger partial charge in [-0.3, -0.25) is 14.7 Å². The fourth-order valence-corrected chi connectivity index (χ4v) is 4.02. The summed E-state index contributed by atoms with van der Waals surface area (Å²) in [5, 5.41) is 1.67. The van der Waals surface area contributed by atoms with E-state index in [-0.39, 0.29) is 5.91 Å². The van der Waals surface area contributed by atoms with Gasteiger partial charge in [-0.1, -0.05) is 0 Å². The first-order chi connectivity index (χ1) is 9.28. The number of methoxy groups -OCH3 is 1. The van der Waals surface area contributed by atoms with E-state index in [0.717, 1.165) is 29.2 Å². The maximum Gasteiger partial charge on any atom is 0.279 e. The molecular formula is C12H11N3O2S2. The number of amidine groups is 2. The highest BCUT2D eigenvalue weighted by atomic mass is 33.1. The number of hydrogen-bond acceptors (Lipinski definition) is 5. The molecule has 0 radical (unpaired) electrons. The standard InChI is InChI=1S/C12H11N3O2S2/c1-17-9-4-2-8(3-5-9)10(16)14-12-15-7-6-13-11(15)18-19-12/h2-5H,6-7H2,1H3. The lowest BCUT2D eigenvalue weighted by Crippen LogP contribution is -2.26. The fraction of sp³-hybridized carbons (Fsp3) is 0.250. The van der Waals surface area contributed by atoms with Crippen LogP contribution in [0.5, 0.6) is 5.75 Å². The first-order valence-corrected chi connectivity index (χ1v) is 7.86. The number of nitrogens with zero attached hydrogens (tertiary/aromatic N) is 3. The zero-order valence-electron chi connectivity index (χ0n) is 10.2. The van der Waals surface area contributed by atoms with E-state index in [0.29, 0.717) is 5.56 Å². The molecule has 3 rings (SSSR count). The van der Waals surface area contributed by atoms with Gasteiger partial charge in [-0.05, 0) is 45.9 Å². The Morgan fingerprint density at radius 3 is 2.89 bits per heavy atom. The molecule has 0 bridgehead atoms. The van der Waals surface area contributed by atoms with Crippen LogP contribution in [0.4, 0.5) is 0 Å². The van der Waals surface area contributed by atoms with E-state index in [2.05, 4.69) is 9.98 Å². The Hall–Kier alpha value is -1.47. The minimum Gasteiger partial charge on any atom is -0.497 e. The summed E-state index contributed by atoms with van der Waals surface area (Å²) in [6, 6.07) is 6.95. The second-order valence-electron chi connectivity index (χ2n) is 3.91. The second kappa shape index (κ2) is 5.26. The van der Waals surface area contributed by atoms with Crippen LogP contribution in [0.1, 0.15) is 10.4 Å². The van der Waals surface area contributed by atoms with Crippen LogP contribution in [-0.4, -0.2) is 41.3 Å². The molecule has 7 heteroatoms. The number of rotatable bonds is 2. The highest BCUT2D eigenvalue weighted by molar-refractivity contribution is 8.88. The van der Waals surface area contributed by atoms with Gasteiger partial charge in [0.15, 0.2) is 10.3 Å². The molecule has 0 unspecified atom stereocenters. The molecule has 98 valence electrons. The maximum atomic E-state index is 12.1. The van der Waals surface area contributed by atoms with E-state index < -0.39 is 0 Å². The third-order valence-electron chi connectivity index (χ3n) is 2.76. The average Bonchev–Trinajstić information content (AvgIpc) is 3.04. The molecule has 0 saturated carbocycles. The molecule has 1 amide bonds. The Morgan fingerprint density at radius 2 is 2.16 bits per heavy atom. The molecule has 1 aromatic rings. The van der Waals surface area contributed by atoms with E-state index >= 15 is 0 Å². The lowest BCUT2D eigenvalue weighted by Gasteiger charge is -2.09. The number of ether oxygens (including phenoxy) is 1. The van der Waals surface area contributed by atoms with Crippen molar-refractivity contribution in [2.45, 2.75) is 0 Å². The summed E-state index contributed by atoms with van der Waals surface area (Å²) in [7, 11) is 4.63. The van der Waals surface area contributed by atoms with Crippen LogP contribution in [0.15, 0.2) is 34.3 Å². The minimum atomic E-state index is -0.237. The summed E-state index contributed by atoms with van der Waals surface area (Å²) >= 11 is 0. The van der Waals surface area contributed by atoms with E-state index in [1.807, 2.05) is 4.90 Å². The lowest BCUT2D eigenvalue weighted by molar-refractivity contribution is 0.100. The molecule has 5 nitrogen and oxygen atoms in total. The van der Waals surface area contributed by atoms with Crippen LogP contribution >= 0.6 is 21.6 Å². The highest BCUT2D eigenvalue weighted by Gasteiger charge is 2.31. The van der Waals surface area contributed by atoms with Crippen molar-refractivity contribution >= 4 is 37.8 Å². The minimum absolute atomic E-state index is 0.237. The second-order valence-corrected chi connectivity index (χ2v) is 5.97. The van der Waals surface area contributed by atoms with Crippen LogP contribution < -0.4 is 4.74 Å². The van der Waals surface area contributed by atoms with Gasteiger partial charge >= 0.3 is 0 Å². The van der Waals surface area contributed by atoms with Gasteiger partial charge in [-0.15, -0.1) is 0 Å². The molecule has 1 fully saturated rings. The monoisotopic (exact) mass is 293 g/mol. The number of hydrogen-bond donors (Lipinski definition) is 0. The quantitative estimate of drug-likeness (QED) is 0.783. The molecule has 1 aromatic carbocycles. The molecule has 0 atom stereocenters. The number of amides is 1. The van der Waals surface area contributed by atoms with Crippen molar-refractivity contribution in [2.24, 2.45) is 9.98 Å². The summed E-state index contributed by atoms with van der Waals surface area (Å²) in [5.41, 5.74) is 0.559. The van der Waals surface area contributed by atoms with Gasteiger partial charge in [0.2, 0.25) is 0 Å². The molecule has 0 aromatic heterocycles. The zero-order valence-corrected chi connectivity index (χ0v) is 11.8. The number of carbonyl (C=O) groups is 1. The zero-order chi connectivity index (χ0) is 13.2. The Kier molecular flexibility index (Phi) is 3.48. The smallest absolute Gasteiger partial charge is 0.279 e. The Labute approximate surface area is 118 Å². The molecule has 2 aliphatic rings. The molecule has 0 N–H and O–H groups in total. The van der Waals surface area contributed by atoms with Crippen LogP contribution in [-0.2, 0) is 0 Å². The fourth-order valence-electron chi connectivity index (χ4n) is 1.76. The van der Waals surface area contributed by atoms with Crippen molar-refractivity contribution in [1.29, 1.82) is 0 Å². The van der Waals surface area contributed by atoms with Crippen molar-refractivity contribution < 1.29 is 9.53 Å². The molecule has 1 saturated heterocycles. The van der Waals surface area contributed by atoms with Gasteiger partial charge in [-0.25, -0.2) is 0 Å². The molecular weight excluding hydrogens is 282 g/mol. The first-order valence-electron chi connectivity index (χ1n) is 5.71. The molecule has 2 heterocycles. The maximum absolute atomic E-state index is 12.1. The Morgan fingerprint density at radius 1 is 1.37 bits per heavy atom. The lowest BCUT2D eigenvalue weighted by atomic mass is 10.2. The number of fused-ring (bicyclic) bond motifs is 1. The molecule has 0 spiro atoms. The van der Waals surface area contributed by atoms with Crippen LogP contribution in [0.3, 0.4) is 0 Å². The summed E-state index contributed by atoms with van der Waals surface area (Å²) in [6.45, 7) is 1.59. The molecule has 19 heavy (non-hydrogen) atoms. The van der Waals surface area contributed by atoms with Crippen molar-refractivity contribution in [3.05, 3.63) is 29.8 Å². The third-order valence-corrected chi connectivity index (χ3v) is 4.94. The summed E-state index contributed by atoms with van der Waals surface area (Å²) < 4.78 is 5.06. The van der Waals surface area contributed by atoms with E-state index in [9.17, 15) is 4.79 Å². The highest BCUT2D eigenvalue weighted by Crippen LogP contribution is 2.38. The summed E-state index contributed by atoms with van der Waals surface area (Å²) in [5.74, 6) is 0.489. The largest absolute Gasteiger partial charge is 0.497 e. The number of benzene rings is 1. The van der Waals surface area contributed by atoms with E-state index in [1.54, 1.807) is 42.2 Å². The SMILES string of the molecule is COc1ccc(C(=O)N=C2SSC3=NCCN32)cc1. The van der Waals surface area contributed by atoms with E-state index in [1.165, 1.54) is 10.8 Å². The van der Waals surface area contributed by atoms with Crippen molar-refractivity contribution in [3.63, 3.8) is 0 Å². The Bertz CT molecular complexity index is 569. The Balaban J connectivity index is 1.79. The molecule has 0 aliphatic carbocycles. The number of carbonyl (C=O) groups excluding carboxylic acids is 1. The van der Waals surface area contributed by atoms with Crippen molar-refractivity contribution in [2.75, 3.05) is 20.2 Å². The number of aliphatic imine (C=N–C) groups is 2.